The molecular weight excluding hydrogens is 455 g/mol. The van der Waals surface area contributed by atoms with E-state index in [0.717, 1.165) is 29.8 Å². The molecule has 1 amide bonds. The Morgan fingerprint density at radius 2 is 1.84 bits per heavy atom. The maximum absolute atomic E-state index is 12.9. The lowest BCUT2D eigenvalue weighted by atomic mass is 10.2. The van der Waals surface area contributed by atoms with Crippen molar-refractivity contribution in [2.45, 2.75) is 17.6 Å². The maximum atomic E-state index is 12.9. The molecule has 0 spiro atoms. The van der Waals surface area contributed by atoms with Crippen LogP contribution >= 0.6 is 11.6 Å². The van der Waals surface area contributed by atoms with E-state index in [1.807, 2.05) is 0 Å². The summed E-state index contributed by atoms with van der Waals surface area (Å²) in [6.07, 6.45) is -1.49. The van der Waals surface area contributed by atoms with Crippen LogP contribution in [-0.4, -0.2) is 19.3 Å². The van der Waals surface area contributed by atoms with Crippen molar-refractivity contribution in [3.8, 4) is 0 Å². The molecule has 3 aromatic rings. The summed E-state index contributed by atoms with van der Waals surface area (Å²) < 4.78 is 66.0. The van der Waals surface area contributed by atoms with Crippen LogP contribution in [0.3, 0.4) is 0 Å². The van der Waals surface area contributed by atoms with Gasteiger partial charge in [0.25, 0.3) is 15.9 Å². The van der Waals surface area contributed by atoms with E-state index in [0.29, 0.717) is 6.07 Å². The van der Waals surface area contributed by atoms with Crippen molar-refractivity contribution >= 4 is 33.2 Å². The average molecular weight is 470 g/mol. The predicted octanol–water partition coefficient (Wildman–Crippen LogP) is 4.48. The molecule has 0 aliphatic rings. The van der Waals surface area contributed by atoms with Crippen molar-refractivity contribution in [1.29, 1.82) is 0 Å². The van der Waals surface area contributed by atoms with Gasteiger partial charge in [0.2, 0.25) is 0 Å². The van der Waals surface area contributed by atoms with E-state index in [4.69, 9.17) is 11.6 Å². The predicted molar refractivity (Wildman–Crippen MR) is 109 cm³/mol. The lowest BCUT2D eigenvalue weighted by Gasteiger charge is -2.13. The normalized spacial score (nSPS) is 11.7. The molecule has 0 unspecified atom stereocenters. The third-order valence-corrected chi connectivity index (χ3v) is 5.82. The molecule has 0 bridgehead atoms. The van der Waals surface area contributed by atoms with Gasteiger partial charge in [-0.05, 0) is 48.0 Å². The number of benzene rings is 2. The first-order chi connectivity index (χ1) is 14.6. The molecule has 2 N–H and O–H groups in total. The van der Waals surface area contributed by atoms with Gasteiger partial charge >= 0.3 is 6.18 Å². The van der Waals surface area contributed by atoms with Crippen LogP contribution in [0.2, 0.25) is 5.02 Å². The van der Waals surface area contributed by atoms with Crippen molar-refractivity contribution in [3.63, 3.8) is 0 Å². The molecule has 0 radical (unpaired) electrons. The Bertz CT molecular complexity index is 1200. The maximum Gasteiger partial charge on any atom is 0.416 e. The Morgan fingerprint density at radius 3 is 2.52 bits per heavy atom. The summed E-state index contributed by atoms with van der Waals surface area (Å²) >= 11 is 6.04. The fourth-order valence-electron chi connectivity index (χ4n) is 2.60. The SMILES string of the molecule is O=C(NCc1cccnc1)c1cc(S(=O)(=O)Nc2cccc(C(F)(F)F)c2)ccc1Cl. The van der Waals surface area contributed by atoms with Gasteiger partial charge in [-0.2, -0.15) is 13.2 Å². The molecule has 31 heavy (non-hydrogen) atoms. The molecule has 11 heteroatoms. The number of halogens is 4. The lowest BCUT2D eigenvalue weighted by Crippen LogP contribution is -2.24. The summed E-state index contributed by atoms with van der Waals surface area (Å²) in [6.45, 7) is 0.141. The molecule has 162 valence electrons. The zero-order chi connectivity index (χ0) is 22.6. The van der Waals surface area contributed by atoms with Gasteiger partial charge in [-0.1, -0.05) is 23.7 Å². The first-order valence-corrected chi connectivity index (χ1v) is 10.6. The van der Waals surface area contributed by atoms with Crippen molar-refractivity contribution in [2.24, 2.45) is 0 Å². The number of carbonyl (C=O) groups is 1. The molecular formula is C20H15ClF3N3O3S. The molecule has 2 aromatic carbocycles. The number of nitrogens with zero attached hydrogens (tertiary/aromatic N) is 1. The standard InChI is InChI=1S/C20H15ClF3N3O3S/c21-18-7-6-16(10-17(18)19(28)26-12-13-3-2-8-25-11-13)31(29,30)27-15-5-1-4-14(9-15)20(22,23)24/h1-11,27H,12H2,(H,26,28). The number of pyridine rings is 1. The van der Waals surface area contributed by atoms with Crippen molar-refractivity contribution in [2.75, 3.05) is 4.72 Å². The summed E-state index contributed by atoms with van der Waals surface area (Å²) in [5.74, 6) is -0.620. The minimum absolute atomic E-state index is 0.0155. The van der Waals surface area contributed by atoms with Crippen molar-refractivity contribution in [3.05, 3.63) is 88.7 Å². The van der Waals surface area contributed by atoms with Crippen LogP contribution in [0, 0.1) is 0 Å². The highest BCUT2D eigenvalue weighted by Gasteiger charge is 2.30. The summed E-state index contributed by atoms with van der Waals surface area (Å²) in [5, 5.41) is 2.62. The van der Waals surface area contributed by atoms with Crippen LogP contribution < -0.4 is 10.0 Å². The monoisotopic (exact) mass is 469 g/mol. The third-order valence-electron chi connectivity index (χ3n) is 4.11. The van der Waals surface area contributed by atoms with E-state index in [9.17, 15) is 26.4 Å². The Hall–Kier alpha value is -3.11. The Balaban J connectivity index is 1.82. The van der Waals surface area contributed by atoms with Gasteiger partial charge in [-0.3, -0.25) is 14.5 Å². The molecule has 0 fully saturated rings. The van der Waals surface area contributed by atoms with Crippen LogP contribution in [0.5, 0.6) is 0 Å². The van der Waals surface area contributed by atoms with Crippen LogP contribution in [0.25, 0.3) is 0 Å². The minimum Gasteiger partial charge on any atom is -0.348 e. The molecule has 3 rings (SSSR count). The van der Waals surface area contributed by atoms with E-state index in [-0.39, 0.29) is 27.7 Å². The first-order valence-electron chi connectivity index (χ1n) is 8.73. The summed E-state index contributed by atoms with van der Waals surface area (Å²) in [6, 6.07) is 10.6. The van der Waals surface area contributed by atoms with Gasteiger partial charge in [0.05, 0.1) is 21.0 Å². The summed E-state index contributed by atoms with van der Waals surface area (Å²) in [7, 11) is -4.28. The number of rotatable bonds is 6. The molecule has 0 aliphatic carbocycles. The van der Waals surface area contributed by atoms with Crippen LogP contribution in [0.1, 0.15) is 21.5 Å². The molecule has 1 heterocycles. The minimum atomic E-state index is -4.62. The highest BCUT2D eigenvalue weighted by molar-refractivity contribution is 7.92. The van der Waals surface area contributed by atoms with E-state index >= 15 is 0 Å². The highest BCUT2D eigenvalue weighted by atomic mass is 35.5. The smallest absolute Gasteiger partial charge is 0.348 e. The van der Waals surface area contributed by atoms with Gasteiger partial charge in [-0.25, -0.2) is 8.42 Å². The zero-order valence-corrected chi connectivity index (χ0v) is 17.2. The highest BCUT2D eigenvalue weighted by Crippen LogP contribution is 2.31. The molecule has 0 saturated carbocycles. The van der Waals surface area contributed by atoms with Crippen LogP contribution in [-0.2, 0) is 22.7 Å². The summed E-state index contributed by atoms with van der Waals surface area (Å²) in [5.41, 5.74) is -0.647. The van der Waals surface area contributed by atoms with Gasteiger partial charge in [0.1, 0.15) is 0 Å². The Morgan fingerprint density at radius 1 is 1.06 bits per heavy atom. The van der Waals surface area contributed by atoms with Crippen LogP contribution in [0.4, 0.5) is 18.9 Å². The molecule has 0 aliphatic heterocycles. The fourth-order valence-corrected chi connectivity index (χ4v) is 3.88. The molecule has 6 nitrogen and oxygen atoms in total. The second kappa shape index (κ2) is 8.94. The number of nitrogens with one attached hydrogen (secondary N) is 2. The fraction of sp³-hybridized carbons (Fsp3) is 0.100. The van der Waals surface area contributed by atoms with E-state index in [1.54, 1.807) is 24.5 Å². The quantitative estimate of drug-likeness (QED) is 0.557. The number of aromatic nitrogens is 1. The number of amides is 1. The third kappa shape index (κ3) is 5.74. The van der Waals surface area contributed by atoms with Gasteiger partial charge in [0, 0.05) is 24.6 Å². The van der Waals surface area contributed by atoms with Crippen molar-refractivity contribution in [1.82, 2.24) is 10.3 Å². The summed E-state index contributed by atoms with van der Waals surface area (Å²) in [4.78, 5) is 16.1. The number of carbonyl (C=O) groups excluding carboxylic acids is 1. The number of sulfonamides is 1. The molecule has 1 aromatic heterocycles. The number of alkyl halides is 3. The van der Waals surface area contributed by atoms with E-state index in [1.165, 1.54) is 12.1 Å². The average Bonchev–Trinajstić information content (AvgIpc) is 2.72. The van der Waals surface area contributed by atoms with Gasteiger partial charge in [-0.15, -0.1) is 0 Å². The van der Waals surface area contributed by atoms with Gasteiger partial charge < -0.3 is 5.32 Å². The van der Waals surface area contributed by atoms with E-state index < -0.39 is 27.7 Å². The van der Waals surface area contributed by atoms with Gasteiger partial charge in [0.15, 0.2) is 0 Å². The topological polar surface area (TPSA) is 88.2 Å². The number of hydrogen-bond donors (Lipinski definition) is 2. The van der Waals surface area contributed by atoms with E-state index in [2.05, 4.69) is 15.0 Å². The lowest BCUT2D eigenvalue weighted by molar-refractivity contribution is -0.137. The second-order valence-corrected chi connectivity index (χ2v) is 8.46. The first kappa shape index (κ1) is 22.6. The molecule has 0 saturated heterocycles. The number of hydrogen-bond acceptors (Lipinski definition) is 4. The van der Waals surface area contributed by atoms with Crippen LogP contribution in [0.15, 0.2) is 71.9 Å². The Labute approximate surface area is 181 Å². The molecule has 0 atom stereocenters. The second-order valence-electron chi connectivity index (χ2n) is 6.37. The Kier molecular flexibility index (Phi) is 6.51. The zero-order valence-electron chi connectivity index (χ0n) is 15.7. The van der Waals surface area contributed by atoms with Crippen molar-refractivity contribution < 1.29 is 26.4 Å². The number of anilines is 1. The largest absolute Gasteiger partial charge is 0.416 e.